The van der Waals surface area contributed by atoms with E-state index in [0.29, 0.717) is 11.3 Å². The number of hydrogen-bond acceptors (Lipinski definition) is 3. The summed E-state index contributed by atoms with van der Waals surface area (Å²) >= 11 is 1.81. The summed E-state index contributed by atoms with van der Waals surface area (Å²) in [6.45, 7) is 0.729. The first-order valence-corrected chi connectivity index (χ1v) is 9.66. The van der Waals surface area contributed by atoms with Crippen molar-refractivity contribution in [2.45, 2.75) is 11.3 Å². The highest BCUT2D eigenvalue weighted by Gasteiger charge is 2.22. The van der Waals surface area contributed by atoms with Gasteiger partial charge in [-0.3, -0.25) is 4.79 Å². The van der Waals surface area contributed by atoms with E-state index in [0.717, 1.165) is 35.1 Å². The number of carbonyl (C=O) groups excluding carboxylic acids is 1. The molecule has 1 aliphatic heterocycles. The Balaban J connectivity index is 1.61. The molecule has 0 aliphatic carbocycles. The van der Waals surface area contributed by atoms with Gasteiger partial charge in [-0.05, 0) is 54.6 Å². The van der Waals surface area contributed by atoms with Crippen molar-refractivity contribution >= 4 is 23.4 Å². The first-order valence-electron chi connectivity index (χ1n) is 8.68. The molecule has 0 N–H and O–H groups in total. The minimum atomic E-state index is 0.0125. The summed E-state index contributed by atoms with van der Waals surface area (Å²) in [5, 5.41) is 0. The van der Waals surface area contributed by atoms with Gasteiger partial charge in [0.2, 0.25) is 0 Å². The van der Waals surface area contributed by atoms with E-state index in [1.165, 1.54) is 0 Å². The molecule has 0 unspecified atom stereocenters. The highest BCUT2D eigenvalue weighted by molar-refractivity contribution is 7.99. The predicted molar refractivity (Wildman–Crippen MR) is 106 cm³/mol. The summed E-state index contributed by atoms with van der Waals surface area (Å²) in [5.41, 5.74) is 1.63. The largest absolute Gasteiger partial charge is 0.457 e. The van der Waals surface area contributed by atoms with Crippen molar-refractivity contribution in [3.63, 3.8) is 0 Å². The number of hydrogen-bond donors (Lipinski definition) is 0. The maximum Gasteiger partial charge on any atom is 0.258 e. The zero-order chi connectivity index (χ0) is 17.8. The van der Waals surface area contributed by atoms with Crippen LogP contribution in [0.1, 0.15) is 16.8 Å². The van der Waals surface area contributed by atoms with Gasteiger partial charge in [-0.2, -0.15) is 0 Å². The van der Waals surface area contributed by atoms with E-state index < -0.39 is 0 Å². The molecule has 1 aliphatic rings. The number of benzene rings is 3. The molecule has 4 heteroatoms. The maximum absolute atomic E-state index is 13.2. The first-order chi connectivity index (χ1) is 12.8. The van der Waals surface area contributed by atoms with Gasteiger partial charge in [0, 0.05) is 17.0 Å². The van der Waals surface area contributed by atoms with Crippen molar-refractivity contribution in [2.24, 2.45) is 0 Å². The summed E-state index contributed by atoms with van der Waals surface area (Å²) in [4.78, 5) is 16.2. The van der Waals surface area contributed by atoms with Crippen molar-refractivity contribution in [1.29, 1.82) is 0 Å². The Morgan fingerprint density at radius 2 is 1.65 bits per heavy atom. The van der Waals surface area contributed by atoms with E-state index in [2.05, 4.69) is 6.07 Å². The van der Waals surface area contributed by atoms with Crippen LogP contribution in [0.5, 0.6) is 11.5 Å². The van der Waals surface area contributed by atoms with Crippen LogP contribution in [0.3, 0.4) is 0 Å². The second kappa shape index (κ2) is 7.67. The molecule has 0 atom stereocenters. The fourth-order valence-corrected chi connectivity index (χ4v) is 4.01. The summed E-state index contributed by atoms with van der Waals surface area (Å²) in [6.07, 6.45) is 0.977. The van der Waals surface area contributed by atoms with Gasteiger partial charge >= 0.3 is 0 Å². The molecule has 0 radical (unpaired) electrons. The van der Waals surface area contributed by atoms with Gasteiger partial charge in [0.05, 0.1) is 5.69 Å². The fourth-order valence-electron chi connectivity index (χ4n) is 3.01. The van der Waals surface area contributed by atoms with E-state index in [4.69, 9.17) is 4.74 Å². The van der Waals surface area contributed by atoms with Crippen molar-refractivity contribution in [3.8, 4) is 11.5 Å². The Bertz CT molecular complexity index is 911. The SMILES string of the molecule is O=C(c1cccc(Oc2ccccc2)c1)N1CCCSc2ccccc21. The highest BCUT2D eigenvalue weighted by atomic mass is 32.2. The molecule has 1 amide bonds. The fraction of sp³-hybridized carbons (Fsp3) is 0.136. The molecule has 26 heavy (non-hydrogen) atoms. The Labute approximate surface area is 157 Å². The van der Waals surface area contributed by atoms with Crippen LogP contribution in [-0.4, -0.2) is 18.2 Å². The third-order valence-electron chi connectivity index (χ3n) is 4.24. The number of rotatable bonds is 3. The van der Waals surface area contributed by atoms with Crippen molar-refractivity contribution in [3.05, 3.63) is 84.4 Å². The van der Waals surface area contributed by atoms with Gasteiger partial charge in [0.15, 0.2) is 0 Å². The van der Waals surface area contributed by atoms with Crippen LogP contribution in [0.25, 0.3) is 0 Å². The molecule has 3 aromatic rings. The number of nitrogens with zero attached hydrogens (tertiary/aromatic N) is 1. The number of anilines is 1. The summed E-state index contributed by atoms with van der Waals surface area (Å²) in [6, 6.07) is 25.1. The van der Waals surface area contributed by atoms with Gasteiger partial charge in [-0.25, -0.2) is 0 Å². The van der Waals surface area contributed by atoms with Crippen molar-refractivity contribution in [2.75, 3.05) is 17.2 Å². The van der Waals surface area contributed by atoms with E-state index in [-0.39, 0.29) is 5.91 Å². The highest BCUT2D eigenvalue weighted by Crippen LogP contribution is 2.34. The third-order valence-corrected chi connectivity index (χ3v) is 5.39. The van der Waals surface area contributed by atoms with E-state index in [1.54, 1.807) is 0 Å². The lowest BCUT2D eigenvalue weighted by molar-refractivity contribution is 0.0986. The molecule has 1 heterocycles. The van der Waals surface area contributed by atoms with Gasteiger partial charge in [-0.1, -0.05) is 36.4 Å². The van der Waals surface area contributed by atoms with Crippen molar-refractivity contribution < 1.29 is 9.53 Å². The molecular weight excluding hydrogens is 342 g/mol. The van der Waals surface area contributed by atoms with Gasteiger partial charge in [-0.15, -0.1) is 11.8 Å². The molecule has 3 aromatic carbocycles. The molecular formula is C22H19NO2S. The Morgan fingerprint density at radius 1 is 0.885 bits per heavy atom. The number of ether oxygens (including phenoxy) is 1. The number of amides is 1. The van der Waals surface area contributed by atoms with Crippen LogP contribution in [0, 0.1) is 0 Å². The minimum Gasteiger partial charge on any atom is -0.457 e. The Morgan fingerprint density at radius 3 is 2.54 bits per heavy atom. The third kappa shape index (κ3) is 3.60. The topological polar surface area (TPSA) is 29.5 Å². The molecule has 3 nitrogen and oxygen atoms in total. The maximum atomic E-state index is 13.2. The summed E-state index contributed by atoms with van der Waals surface area (Å²) in [7, 11) is 0. The Kier molecular flexibility index (Phi) is 4.93. The average Bonchev–Trinajstić information content (AvgIpc) is 2.91. The lowest BCUT2D eigenvalue weighted by Gasteiger charge is -2.22. The van der Waals surface area contributed by atoms with Gasteiger partial charge < -0.3 is 9.64 Å². The smallest absolute Gasteiger partial charge is 0.258 e. The van der Waals surface area contributed by atoms with E-state index in [1.807, 2.05) is 89.5 Å². The number of carbonyl (C=O) groups is 1. The van der Waals surface area contributed by atoms with Crippen LogP contribution < -0.4 is 9.64 Å². The molecule has 0 fully saturated rings. The molecule has 130 valence electrons. The van der Waals surface area contributed by atoms with Crippen LogP contribution in [-0.2, 0) is 0 Å². The Hall–Kier alpha value is -2.72. The minimum absolute atomic E-state index is 0.0125. The number of para-hydroxylation sites is 2. The van der Waals surface area contributed by atoms with Crippen LogP contribution >= 0.6 is 11.8 Å². The van der Waals surface area contributed by atoms with E-state index >= 15 is 0 Å². The van der Waals surface area contributed by atoms with Crippen LogP contribution in [0.15, 0.2) is 83.8 Å². The summed E-state index contributed by atoms with van der Waals surface area (Å²) in [5.74, 6) is 2.46. The average molecular weight is 361 g/mol. The van der Waals surface area contributed by atoms with Crippen LogP contribution in [0.2, 0.25) is 0 Å². The normalized spacial score (nSPS) is 13.6. The molecule has 0 saturated carbocycles. The monoisotopic (exact) mass is 361 g/mol. The number of thioether (sulfide) groups is 1. The molecule has 0 spiro atoms. The standard InChI is InChI=1S/C22H19NO2S/c24-22(23-14-7-15-26-21-13-5-4-12-20(21)23)17-8-6-11-19(16-17)25-18-9-2-1-3-10-18/h1-6,8-13,16H,7,14-15H2. The molecule has 4 rings (SSSR count). The lowest BCUT2D eigenvalue weighted by Crippen LogP contribution is -2.31. The molecule has 0 bridgehead atoms. The van der Waals surface area contributed by atoms with Gasteiger partial charge in [0.25, 0.3) is 5.91 Å². The van der Waals surface area contributed by atoms with Gasteiger partial charge in [0.1, 0.15) is 11.5 Å². The van der Waals surface area contributed by atoms with E-state index in [9.17, 15) is 4.79 Å². The van der Waals surface area contributed by atoms with Crippen LogP contribution in [0.4, 0.5) is 5.69 Å². The summed E-state index contributed by atoms with van der Waals surface area (Å²) < 4.78 is 5.88. The van der Waals surface area contributed by atoms with Crippen molar-refractivity contribution in [1.82, 2.24) is 0 Å². The molecule has 0 aromatic heterocycles. The lowest BCUT2D eigenvalue weighted by atomic mass is 10.1. The zero-order valence-corrected chi connectivity index (χ0v) is 15.1. The zero-order valence-electron chi connectivity index (χ0n) is 14.3. The quantitative estimate of drug-likeness (QED) is 0.606. The second-order valence-electron chi connectivity index (χ2n) is 6.07. The first kappa shape index (κ1) is 16.7. The second-order valence-corrected chi connectivity index (χ2v) is 7.21. The molecule has 0 saturated heterocycles. The number of fused-ring (bicyclic) bond motifs is 1. The predicted octanol–water partition coefficient (Wildman–Crippen LogP) is 5.62.